The molecular weight excluding hydrogens is 795 g/mol. The highest BCUT2D eigenvalue weighted by Gasteiger charge is 2.60. The molecule has 7 aliphatic rings. The second-order valence-corrected chi connectivity index (χ2v) is 19.4. The number of carbonyl (C=O) groups is 1. The smallest absolute Gasteiger partial charge is 0.316 e. The number of hydrogen-bond acceptors (Lipinski definition) is 13. The molecule has 6 heterocycles. The van der Waals surface area contributed by atoms with Gasteiger partial charge in [0.05, 0.1) is 55.4 Å². The number of rotatable bonds is 8. The molecule has 1 aliphatic carbocycles. The molecule has 0 aromatic carbocycles. The Bertz CT molecular complexity index is 1730. The summed E-state index contributed by atoms with van der Waals surface area (Å²) in [7, 11) is 5.24. The van der Waals surface area contributed by atoms with Crippen LogP contribution in [0.15, 0.2) is 59.3 Å². The Hall–Kier alpha value is -2.27. The van der Waals surface area contributed by atoms with Crippen molar-refractivity contribution < 1.29 is 57.7 Å². The molecular formula is C49H75NO12. The average Bonchev–Trinajstić information content (AvgIpc) is 3.58. The molecule has 0 amide bonds. The van der Waals surface area contributed by atoms with Crippen molar-refractivity contribution in [1.82, 2.24) is 5.48 Å². The minimum atomic E-state index is -1.81. The first-order valence-corrected chi connectivity index (χ1v) is 23.3. The van der Waals surface area contributed by atoms with Crippen molar-refractivity contribution in [3.05, 3.63) is 59.3 Å². The van der Waals surface area contributed by atoms with Gasteiger partial charge in [-0.2, -0.15) is 0 Å². The van der Waals surface area contributed by atoms with Crippen LogP contribution >= 0.6 is 0 Å². The first-order valence-electron chi connectivity index (χ1n) is 23.3. The van der Waals surface area contributed by atoms with E-state index in [9.17, 15) is 15.0 Å². The number of ether oxygens (including phenoxy) is 8. The van der Waals surface area contributed by atoms with Crippen molar-refractivity contribution in [2.24, 2.45) is 35.5 Å². The zero-order chi connectivity index (χ0) is 44.7. The first-order chi connectivity index (χ1) is 29.6. The van der Waals surface area contributed by atoms with Crippen molar-refractivity contribution in [3.8, 4) is 0 Å². The summed E-state index contributed by atoms with van der Waals surface area (Å²) in [6.07, 6.45) is 13.2. The minimum absolute atomic E-state index is 0.0214. The first kappa shape index (κ1) is 47.7. The fourth-order valence-electron chi connectivity index (χ4n) is 11.8. The largest absolute Gasteiger partial charge is 0.462 e. The Labute approximate surface area is 369 Å². The van der Waals surface area contributed by atoms with Crippen LogP contribution in [0.1, 0.15) is 93.9 Å². The monoisotopic (exact) mass is 870 g/mol. The molecule has 7 rings (SSSR count). The van der Waals surface area contributed by atoms with Gasteiger partial charge < -0.3 is 48.1 Å². The number of carbonyl (C=O) groups excluding carboxylic acids is 1. The summed E-state index contributed by atoms with van der Waals surface area (Å²) in [5, 5.41) is 23.8. The van der Waals surface area contributed by atoms with Crippen LogP contribution in [0.25, 0.3) is 0 Å². The summed E-state index contributed by atoms with van der Waals surface area (Å²) in [4.78, 5) is 20.2. The highest BCUT2D eigenvalue weighted by molar-refractivity contribution is 5.78. The normalized spacial score (nSPS) is 49.1. The number of aliphatic hydroxyl groups excluding tert-OH is 1. The van der Waals surface area contributed by atoms with E-state index in [1.807, 2.05) is 25.2 Å². The number of nitrogens with one attached hydrogen (secondary N) is 1. The van der Waals surface area contributed by atoms with Gasteiger partial charge in [-0.05, 0) is 63.2 Å². The van der Waals surface area contributed by atoms with E-state index in [0.717, 1.165) is 12.0 Å². The van der Waals surface area contributed by atoms with E-state index in [-0.39, 0.29) is 91.1 Å². The van der Waals surface area contributed by atoms with E-state index in [2.05, 4.69) is 65.3 Å². The fourth-order valence-corrected chi connectivity index (χ4v) is 11.8. The van der Waals surface area contributed by atoms with Crippen LogP contribution in [-0.2, 0) is 47.5 Å². The summed E-state index contributed by atoms with van der Waals surface area (Å²) in [5.74, 6) is -2.37. The lowest BCUT2D eigenvalue weighted by atomic mass is 9.71. The molecule has 6 aliphatic heterocycles. The molecule has 0 aromatic heterocycles. The maximum absolute atomic E-state index is 14.4. The van der Waals surface area contributed by atoms with Gasteiger partial charge in [0, 0.05) is 64.7 Å². The molecule has 3 unspecified atom stereocenters. The zero-order valence-electron chi connectivity index (χ0n) is 38.9. The number of allylic oxidation sites excluding steroid dienone is 3. The number of aliphatic hydroxyl groups is 2. The van der Waals surface area contributed by atoms with E-state index >= 15 is 0 Å². The van der Waals surface area contributed by atoms with Gasteiger partial charge in [0.1, 0.15) is 35.9 Å². The molecule has 1 spiro atoms. The fraction of sp³-hybridized carbons (Fsp3) is 0.776. The predicted octanol–water partition coefficient (Wildman–Crippen LogP) is 6.08. The van der Waals surface area contributed by atoms with E-state index in [1.54, 1.807) is 34.3 Å². The third-order valence-electron chi connectivity index (χ3n) is 15.4. The van der Waals surface area contributed by atoms with Crippen molar-refractivity contribution in [2.45, 2.75) is 179 Å². The van der Waals surface area contributed by atoms with Crippen molar-refractivity contribution in [3.63, 3.8) is 0 Å². The molecule has 13 nitrogen and oxygen atoms in total. The van der Waals surface area contributed by atoms with Gasteiger partial charge in [-0.25, -0.2) is 5.48 Å². The second kappa shape index (κ2) is 19.7. The van der Waals surface area contributed by atoms with Gasteiger partial charge in [-0.1, -0.05) is 76.1 Å². The predicted molar refractivity (Wildman–Crippen MR) is 232 cm³/mol. The summed E-state index contributed by atoms with van der Waals surface area (Å²) in [5.41, 5.74) is 3.24. The van der Waals surface area contributed by atoms with Crippen LogP contribution in [0.5, 0.6) is 0 Å². The second-order valence-electron chi connectivity index (χ2n) is 19.4. The van der Waals surface area contributed by atoms with Crippen molar-refractivity contribution >= 4 is 5.97 Å². The number of hydrogen-bond donors (Lipinski definition) is 3. The molecule has 4 saturated heterocycles. The molecule has 4 fully saturated rings. The molecule has 62 heavy (non-hydrogen) atoms. The molecule has 0 aromatic rings. The summed E-state index contributed by atoms with van der Waals surface area (Å²) in [6, 6.07) is 0. The maximum atomic E-state index is 14.4. The quantitative estimate of drug-likeness (QED) is 0.147. The molecule has 2 bridgehead atoms. The summed E-state index contributed by atoms with van der Waals surface area (Å²) < 4.78 is 52.4. The summed E-state index contributed by atoms with van der Waals surface area (Å²) >= 11 is 0. The highest BCUT2D eigenvalue weighted by atomic mass is 16.7. The van der Waals surface area contributed by atoms with Gasteiger partial charge in [0.2, 0.25) is 0 Å². The third kappa shape index (κ3) is 9.25. The van der Waals surface area contributed by atoms with Crippen molar-refractivity contribution in [1.29, 1.82) is 0 Å². The molecule has 3 N–H and O–H groups in total. The molecule has 13 heteroatoms. The van der Waals surface area contributed by atoms with Crippen LogP contribution < -0.4 is 5.48 Å². The molecule has 348 valence electrons. The van der Waals surface area contributed by atoms with E-state index < -0.39 is 41.6 Å². The van der Waals surface area contributed by atoms with Gasteiger partial charge in [0.25, 0.3) is 0 Å². The van der Waals surface area contributed by atoms with Gasteiger partial charge in [-0.15, -0.1) is 0 Å². The Balaban J connectivity index is 1.23. The van der Waals surface area contributed by atoms with Gasteiger partial charge in [0.15, 0.2) is 5.79 Å². The average molecular weight is 870 g/mol. The standard InChI is InChI=1S/C49H75NO12/c1-12-26(2)44-29(5)18-19-48(61-44)24-35-21-34(60-48)17-16-28(4)41(27(3)14-13-15-33-25-56-46-43(51)30(6)20-36(47(52)59-35)49(33,46)53)38-22-37(54-10)42(31(7)57-38)39-23-40(55-11)45(62-50-9)32(8)58-39/h13-16,18-20,26-27,29,31-32,34-46,50-51,53H,12,17,21-25H2,1-11H3/b14-13+,28-16+,33-15+/t26?,27-,29-,31-,32-,34+,35-,36-,37-,38+,39+,40-,41?,42?,43+,44+,45-,46+,48+,49+/m0/s1. The Morgan fingerprint density at radius 1 is 0.935 bits per heavy atom. The van der Waals surface area contributed by atoms with E-state index in [4.69, 9.17) is 42.7 Å². The van der Waals surface area contributed by atoms with Crippen LogP contribution in [0.3, 0.4) is 0 Å². The highest BCUT2D eigenvalue weighted by Crippen LogP contribution is 2.48. The lowest BCUT2D eigenvalue weighted by molar-refractivity contribution is -0.300. The lowest BCUT2D eigenvalue weighted by Crippen LogP contribution is -2.58. The lowest BCUT2D eigenvalue weighted by Gasteiger charge is -2.49. The number of methoxy groups -OCH3 is 2. The molecule has 0 saturated carbocycles. The van der Waals surface area contributed by atoms with Crippen LogP contribution in [0.2, 0.25) is 0 Å². The van der Waals surface area contributed by atoms with E-state index in [1.165, 1.54) is 0 Å². The third-order valence-corrected chi connectivity index (χ3v) is 15.4. The van der Waals surface area contributed by atoms with Crippen molar-refractivity contribution in [2.75, 3.05) is 27.9 Å². The molecule has 0 radical (unpaired) electrons. The SMILES string of the molecule is CCC(C)[C@H]1O[C@]2(C=C[C@@H]1C)C[C@@H]1C[C@@H](C/C=C(\C)C([C@H]3C[C@H](OC)C([C@H]4C[C@H](OC)[C@@H](ONC)[C@H](C)O4)[C@H](C)O3)[C@@H](C)/C=C/C=C3\CO[C@@H]4[C@H](O)C(C)=C[C@@H](C(=O)O1)[C@]34O)O2. The number of hydroxylamine groups is 1. The minimum Gasteiger partial charge on any atom is -0.462 e. The summed E-state index contributed by atoms with van der Waals surface area (Å²) in [6.45, 7) is 16.9. The van der Waals surface area contributed by atoms with Gasteiger partial charge >= 0.3 is 5.97 Å². The zero-order valence-corrected chi connectivity index (χ0v) is 38.9. The van der Waals surface area contributed by atoms with Gasteiger partial charge in [-0.3, -0.25) is 9.63 Å². The Morgan fingerprint density at radius 2 is 1.66 bits per heavy atom. The number of esters is 1. The Kier molecular flexibility index (Phi) is 15.1. The van der Waals surface area contributed by atoms with Crippen LogP contribution in [0.4, 0.5) is 0 Å². The molecule has 20 atom stereocenters. The Morgan fingerprint density at radius 3 is 2.37 bits per heavy atom. The number of fused-ring (bicyclic) bond motifs is 2. The maximum Gasteiger partial charge on any atom is 0.316 e. The topological polar surface area (TPSA) is 153 Å². The van der Waals surface area contributed by atoms with Crippen LogP contribution in [0, 0.1) is 35.5 Å². The van der Waals surface area contributed by atoms with Crippen LogP contribution in [-0.4, -0.2) is 129 Å². The van der Waals surface area contributed by atoms with E-state index in [0.29, 0.717) is 43.3 Å².